The summed E-state index contributed by atoms with van der Waals surface area (Å²) in [6.45, 7) is 2.76. The predicted octanol–water partition coefficient (Wildman–Crippen LogP) is 1.76. The van der Waals surface area contributed by atoms with E-state index in [1.54, 1.807) is 12.5 Å². The second kappa shape index (κ2) is 6.75. The third kappa shape index (κ3) is 3.36. The molecule has 22 heavy (non-hydrogen) atoms. The molecule has 0 bridgehead atoms. The first kappa shape index (κ1) is 14.8. The molecule has 0 unspecified atom stereocenters. The Morgan fingerprint density at radius 3 is 2.68 bits per heavy atom. The first-order valence-electron chi connectivity index (χ1n) is 7.76. The maximum atomic E-state index is 12.6. The summed E-state index contributed by atoms with van der Waals surface area (Å²) in [6, 6.07) is 8.23. The Labute approximate surface area is 131 Å². The lowest BCUT2D eigenvalue weighted by Crippen LogP contribution is -2.43. The smallest absolute Gasteiger partial charge is 0.253 e. The average Bonchev–Trinajstić information content (AvgIpc) is 3.08. The molecule has 1 N–H and O–H groups in total. The standard InChI is InChI=1S/C17H22N4O/c1-20(16-6-8-18-9-7-16)17(22)15-4-2-14(3-5-15)12-21-11-10-19-13-21/h2-5,10-11,13,16,18H,6-9,12H2,1H3. The molecule has 1 aliphatic rings. The van der Waals surface area contributed by atoms with Crippen molar-refractivity contribution in [3.05, 3.63) is 54.1 Å². The van der Waals surface area contributed by atoms with Gasteiger partial charge in [-0.15, -0.1) is 0 Å². The van der Waals surface area contributed by atoms with Crippen molar-refractivity contribution in [2.24, 2.45) is 0 Å². The highest BCUT2D eigenvalue weighted by molar-refractivity contribution is 5.94. The van der Waals surface area contributed by atoms with Crippen LogP contribution in [-0.4, -0.2) is 46.5 Å². The second-order valence-electron chi connectivity index (χ2n) is 5.83. The molecule has 116 valence electrons. The van der Waals surface area contributed by atoms with E-state index in [1.165, 1.54) is 5.56 Å². The van der Waals surface area contributed by atoms with Crippen LogP contribution in [0.2, 0.25) is 0 Å². The van der Waals surface area contributed by atoms with E-state index in [-0.39, 0.29) is 5.91 Å². The van der Waals surface area contributed by atoms with Crippen molar-refractivity contribution in [3.63, 3.8) is 0 Å². The SMILES string of the molecule is CN(C(=O)c1ccc(Cn2ccnc2)cc1)C1CCNCC1. The van der Waals surface area contributed by atoms with E-state index in [2.05, 4.69) is 10.3 Å². The molecule has 0 spiro atoms. The highest BCUT2D eigenvalue weighted by atomic mass is 16.2. The van der Waals surface area contributed by atoms with Gasteiger partial charge in [-0.2, -0.15) is 0 Å². The quantitative estimate of drug-likeness (QED) is 0.935. The van der Waals surface area contributed by atoms with E-state index in [0.717, 1.165) is 38.0 Å². The van der Waals surface area contributed by atoms with Gasteiger partial charge in [0.2, 0.25) is 0 Å². The molecule has 1 aromatic heterocycles. The Morgan fingerprint density at radius 2 is 2.05 bits per heavy atom. The molecule has 1 aromatic carbocycles. The molecule has 3 rings (SSSR count). The molecule has 5 nitrogen and oxygen atoms in total. The maximum absolute atomic E-state index is 12.6. The Bertz CT molecular complexity index is 600. The summed E-state index contributed by atoms with van der Waals surface area (Å²) >= 11 is 0. The fourth-order valence-corrected chi connectivity index (χ4v) is 2.91. The van der Waals surface area contributed by atoms with E-state index >= 15 is 0 Å². The van der Waals surface area contributed by atoms with Crippen LogP contribution in [0.1, 0.15) is 28.8 Å². The zero-order valence-electron chi connectivity index (χ0n) is 12.9. The fourth-order valence-electron chi connectivity index (χ4n) is 2.91. The van der Waals surface area contributed by atoms with Gasteiger partial charge >= 0.3 is 0 Å². The minimum Gasteiger partial charge on any atom is -0.339 e. The number of nitrogens with one attached hydrogen (secondary N) is 1. The van der Waals surface area contributed by atoms with Gasteiger partial charge in [-0.05, 0) is 43.6 Å². The molecule has 1 aliphatic heterocycles. The maximum Gasteiger partial charge on any atom is 0.253 e. The van der Waals surface area contributed by atoms with Crippen molar-refractivity contribution in [1.29, 1.82) is 0 Å². The molecule has 0 saturated carbocycles. The summed E-state index contributed by atoms with van der Waals surface area (Å²) in [5.41, 5.74) is 1.93. The predicted molar refractivity (Wildman–Crippen MR) is 85.8 cm³/mol. The van der Waals surface area contributed by atoms with Crippen molar-refractivity contribution >= 4 is 5.91 Å². The summed E-state index contributed by atoms with van der Waals surface area (Å²) in [5.74, 6) is 0.112. The molecule has 0 atom stereocenters. The van der Waals surface area contributed by atoms with E-state index in [0.29, 0.717) is 6.04 Å². The van der Waals surface area contributed by atoms with Crippen LogP contribution < -0.4 is 5.32 Å². The van der Waals surface area contributed by atoms with Crippen LogP contribution in [0, 0.1) is 0 Å². The van der Waals surface area contributed by atoms with Crippen LogP contribution in [0.25, 0.3) is 0 Å². The molecular formula is C17H22N4O. The number of piperidine rings is 1. The van der Waals surface area contributed by atoms with Gasteiger partial charge in [0.1, 0.15) is 0 Å². The van der Waals surface area contributed by atoms with E-state index in [1.807, 2.05) is 47.0 Å². The zero-order valence-corrected chi connectivity index (χ0v) is 12.9. The van der Waals surface area contributed by atoms with Crippen LogP contribution in [0.15, 0.2) is 43.0 Å². The first-order chi connectivity index (χ1) is 10.7. The van der Waals surface area contributed by atoms with Crippen LogP contribution in [0.4, 0.5) is 0 Å². The topological polar surface area (TPSA) is 50.2 Å². The van der Waals surface area contributed by atoms with Crippen molar-refractivity contribution in [2.45, 2.75) is 25.4 Å². The number of amides is 1. The normalized spacial score (nSPS) is 15.7. The monoisotopic (exact) mass is 298 g/mol. The first-order valence-corrected chi connectivity index (χ1v) is 7.76. The van der Waals surface area contributed by atoms with Gasteiger partial charge in [-0.3, -0.25) is 4.79 Å². The number of benzene rings is 1. The second-order valence-corrected chi connectivity index (χ2v) is 5.83. The Kier molecular flexibility index (Phi) is 4.53. The summed E-state index contributed by atoms with van der Waals surface area (Å²) in [7, 11) is 1.91. The molecule has 2 aromatic rings. The van der Waals surface area contributed by atoms with E-state index in [4.69, 9.17) is 0 Å². The molecule has 1 fully saturated rings. The number of carbonyl (C=O) groups excluding carboxylic acids is 1. The molecule has 2 heterocycles. The van der Waals surface area contributed by atoms with Gasteiger partial charge in [0, 0.05) is 37.6 Å². The van der Waals surface area contributed by atoms with E-state index in [9.17, 15) is 4.79 Å². The van der Waals surface area contributed by atoms with Crippen molar-refractivity contribution < 1.29 is 4.79 Å². The van der Waals surface area contributed by atoms with E-state index < -0.39 is 0 Å². The molecular weight excluding hydrogens is 276 g/mol. The molecule has 1 saturated heterocycles. The lowest BCUT2D eigenvalue weighted by Gasteiger charge is -2.31. The van der Waals surface area contributed by atoms with Gasteiger partial charge in [-0.25, -0.2) is 4.98 Å². The Morgan fingerprint density at radius 1 is 1.32 bits per heavy atom. The van der Waals surface area contributed by atoms with Gasteiger partial charge in [0.05, 0.1) is 6.33 Å². The highest BCUT2D eigenvalue weighted by Crippen LogP contribution is 2.14. The zero-order chi connectivity index (χ0) is 15.4. The minimum absolute atomic E-state index is 0.112. The summed E-state index contributed by atoms with van der Waals surface area (Å²) in [4.78, 5) is 18.5. The van der Waals surface area contributed by atoms with Crippen molar-refractivity contribution in [1.82, 2.24) is 19.8 Å². The molecule has 0 aliphatic carbocycles. The number of imidazole rings is 1. The summed E-state index contributed by atoms with van der Waals surface area (Å²) in [5, 5.41) is 3.33. The van der Waals surface area contributed by atoms with Crippen molar-refractivity contribution in [2.75, 3.05) is 20.1 Å². The summed E-state index contributed by atoms with van der Waals surface area (Å²) in [6.07, 6.45) is 7.56. The van der Waals surface area contributed by atoms with Crippen LogP contribution >= 0.6 is 0 Å². The Balaban J connectivity index is 1.65. The van der Waals surface area contributed by atoms with Gasteiger partial charge < -0.3 is 14.8 Å². The summed E-state index contributed by atoms with van der Waals surface area (Å²) < 4.78 is 2.01. The number of hydrogen-bond donors (Lipinski definition) is 1. The third-order valence-corrected chi connectivity index (χ3v) is 4.30. The molecule has 5 heteroatoms. The van der Waals surface area contributed by atoms with Crippen LogP contribution in [0.5, 0.6) is 0 Å². The third-order valence-electron chi connectivity index (χ3n) is 4.30. The number of rotatable bonds is 4. The van der Waals surface area contributed by atoms with Crippen LogP contribution in [-0.2, 0) is 6.54 Å². The van der Waals surface area contributed by atoms with Crippen molar-refractivity contribution in [3.8, 4) is 0 Å². The molecule has 0 radical (unpaired) electrons. The number of carbonyl (C=O) groups is 1. The average molecular weight is 298 g/mol. The highest BCUT2D eigenvalue weighted by Gasteiger charge is 2.22. The minimum atomic E-state index is 0.112. The lowest BCUT2D eigenvalue weighted by atomic mass is 10.0. The number of hydrogen-bond acceptors (Lipinski definition) is 3. The van der Waals surface area contributed by atoms with Crippen LogP contribution in [0.3, 0.4) is 0 Å². The fraction of sp³-hybridized carbons (Fsp3) is 0.412. The largest absolute Gasteiger partial charge is 0.339 e. The van der Waals surface area contributed by atoms with Gasteiger partial charge in [-0.1, -0.05) is 12.1 Å². The number of nitrogens with zero attached hydrogens (tertiary/aromatic N) is 3. The Hall–Kier alpha value is -2.14. The van der Waals surface area contributed by atoms with Gasteiger partial charge in [0.25, 0.3) is 5.91 Å². The number of aromatic nitrogens is 2. The lowest BCUT2D eigenvalue weighted by molar-refractivity contribution is 0.0703. The molecule has 1 amide bonds. The van der Waals surface area contributed by atoms with Gasteiger partial charge in [0.15, 0.2) is 0 Å².